The molecule has 2 aromatic rings. The van der Waals surface area contributed by atoms with Gasteiger partial charge in [-0.05, 0) is 43.5 Å². The number of anilines is 2. The minimum absolute atomic E-state index is 0.105. The summed E-state index contributed by atoms with van der Waals surface area (Å²) in [6, 6.07) is 12.3. The van der Waals surface area contributed by atoms with E-state index in [2.05, 4.69) is 45.7 Å². The molecule has 0 spiro atoms. The Morgan fingerprint density at radius 3 is 2.67 bits per heavy atom. The Labute approximate surface area is 148 Å². The van der Waals surface area contributed by atoms with Crippen molar-refractivity contribution in [3.63, 3.8) is 0 Å². The third-order valence-electron chi connectivity index (χ3n) is 4.43. The molecule has 128 valence electrons. The summed E-state index contributed by atoms with van der Waals surface area (Å²) in [5, 5.41) is 5.19. The number of carbonyl (C=O) groups excluding carboxylic acids is 1. The summed E-state index contributed by atoms with van der Waals surface area (Å²) >= 11 is 1.76. The van der Waals surface area contributed by atoms with Gasteiger partial charge in [0.2, 0.25) is 5.91 Å². The minimum Gasteiger partial charge on any atom is -0.367 e. The van der Waals surface area contributed by atoms with Gasteiger partial charge in [-0.3, -0.25) is 4.79 Å². The molecule has 1 amide bonds. The van der Waals surface area contributed by atoms with E-state index in [9.17, 15) is 4.79 Å². The number of rotatable bonds is 6. The molecule has 1 aliphatic heterocycles. The molecule has 0 unspecified atom stereocenters. The first-order valence-corrected chi connectivity index (χ1v) is 9.45. The predicted octanol–water partition coefficient (Wildman–Crippen LogP) is 3.46. The fourth-order valence-corrected chi connectivity index (χ4v) is 3.74. The van der Waals surface area contributed by atoms with E-state index in [0.29, 0.717) is 6.42 Å². The standard InChI is InChI=1S/C19H25N3OS/c1-21-11-13-22(14-12-21)18-9-3-2-8-17(18)20-19(23)10-4-6-16-7-5-15-24-16/h2-3,5,7-9,15H,4,6,10-14H2,1H3,(H,20,23). The van der Waals surface area contributed by atoms with E-state index in [-0.39, 0.29) is 5.91 Å². The van der Waals surface area contributed by atoms with Gasteiger partial charge in [-0.2, -0.15) is 0 Å². The number of amides is 1. The number of hydrogen-bond acceptors (Lipinski definition) is 4. The maximum Gasteiger partial charge on any atom is 0.224 e. The summed E-state index contributed by atoms with van der Waals surface area (Å²) in [7, 11) is 2.15. The first-order chi connectivity index (χ1) is 11.7. The van der Waals surface area contributed by atoms with Gasteiger partial charge in [0.05, 0.1) is 11.4 Å². The largest absolute Gasteiger partial charge is 0.367 e. The Kier molecular flexibility index (Phi) is 5.88. The van der Waals surface area contributed by atoms with Gasteiger partial charge in [0.1, 0.15) is 0 Å². The first kappa shape index (κ1) is 17.0. The molecule has 1 fully saturated rings. The number of benzene rings is 1. The second-order valence-corrected chi connectivity index (χ2v) is 7.32. The van der Waals surface area contributed by atoms with Gasteiger partial charge < -0.3 is 15.1 Å². The lowest BCUT2D eigenvalue weighted by Crippen LogP contribution is -2.44. The van der Waals surface area contributed by atoms with Crippen molar-refractivity contribution in [1.82, 2.24) is 4.90 Å². The zero-order valence-corrected chi connectivity index (χ0v) is 15.0. The van der Waals surface area contributed by atoms with E-state index in [1.54, 1.807) is 11.3 Å². The molecular formula is C19H25N3OS. The number of para-hydroxylation sites is 2. The number of piperazine rings is 1. The average Bonchev–Trinajstić information content (AvgIpc) is 3.10. The maximum absolute atomic E-state index is 12.3. The van der Waals surface area contributed by atoms with Crippen molar-refractivity contribution in [3.8, 4) is 0 Å². The van der Waals surface area contributed by atoms with Gasteiger partial charge in [-0.1, -0.05) is 18.2 Å². The number of aryl methyl sites for hydroxylation is 1. The van der Waals surface area contributed by atoms with Crippen molar-refractivity contribution in [2.24, 2.45) is 0 Å². The number of thiophene rings is 1. The van der Waals surface area contributed by atoms with E-state index < -0.39 is 0 Å². The maximum atomic E-state index is 12.3. The first-order valence-electron chi connectivity index (χ1n) is 8.57. The summed E-state index contributed by atoms with van der Waals surface area (Å²) in [5.41, 5.74) is 2.07. The zero-order valence-electron chi connectivity index (χ0n) is 14.2. The van der Waals surface area contributed by atoms with Gasteiger partial charge in [0, 0.05) is 37.5 Å². The number of nitrogens with one attached hydrogen (secondary N) is 1. The van der Waals surface area contributed by atoms with Crippen LogP contribution in [0.5, 0.6) is 0 Å². The van der Waals surface area contributed by atoms with Crippen LogP contribution >= 0.6 is 11.3 Å². The molecule has 1 aromatic heterocycles. The van der Waals surface area contributed by atoms with E-state index in [0.717, 1.165) is 50.4 Å². The van der Waals surface area contributed by atoms with E-state index in [1.165, 1.54) is 4.88 Å². The highest BCUT2D eigenvalue weighted by Crippen LogP contribution is 2.26. The summed E-state index contributed by atoms with van der Waals surface area (Å²) in [6.07, 6.45) is 2.43. The lowest BCUT2D eigenvalue weighted by molar-refractivity contribution is -0.116. The van der Waals surface area contributed by atoms with Crippen molar-refractivity contribution in [1.29, 1.82) is 0 Å². The predicted molar refractivity (Wildman–Crippen MR) is 102 cm³/mol. The minimum atomic E-state index is 0.105. The molecule has 0 bridgehead atoms. The Bertz CT molecular complexity index is 648. The summed E-state index contributed by atoms with van der Waals surface area (Å²) in [4.78, 5) is 18.3. The molecule has 1 aromatic carbocycles. The van der Waals surface area contributed by atoms with Crippen LogP contribution in [0.1, 0.15) is 17.7 Å². The second kappa shape index (κ2) is 8.31. The molecule has 24 heavy (non-hydrogen) atoms. The smallest absolute Gasteiger partial charge is 0.224 e. The lowest BCUT2D eigenvalue weighted by Gasteiger charge is -2.35. The third kappa shape index (κ3) is 4.58. The lowest BCUT2D eigenvalue weighted by atomic mass is 10.2. The average molecular weight is 343 g/mol. The third-order valence-corrected chi connectivity index (χ3v) is 5.37. The molecule has 0 radical (unpaired) electrons. The molecule has 2 heterocycles. The number of carbonyl (C=O) groups is 1. The second-order valence-electron chi connectivity index (χ2n) is 6.29. The van der Waals surface area contributed by atoms with Crippen LogP contribution in [0.3, 0.4) is 0 Å². The van der Waals surface area contributed by atoms with Crippen LogP contribution in [0.25, 0.3) is 0 Å². The van der Waals surface area contributed by atoms with Crippen molar-refractivity contribution < 1.29 is 4.79 Å². The van der Waals surface area contributed by atoms with Crippen molar-refractivity contribution in [3.05, 3.63) is 46.7 Å². The molecule has 1 saturated heterocycles. The molecule has 3 rings (SSSR count). The Morgan fingerprint density at radius 2 is 1.92 bits per heavy atom. The van der Waals surface area contributed by atoms with Gasteiger partial charge in [-0.15, -0.1) is 11.3 Å². The highest BCUT2D eigenvalue weighted by atomic mass is 32.1. The molecule has 1 aliphatic rings. The zero-order chi connectivity index (χ0) is 16.8. The van der Waals surface area contributed by atoms with Gasteiger partial charge >= 0.3 is 0 Å². The topological polar surface area (TPSA) is 35.6 Å². The molecular weight excluding hydrogens is 318 g/mol. The number of hydrogen-bond donors (Lipinski definition) is 1. The van der Waals surface area contributed by atoms with Crippen LogP contribution < -0.4 is 10.2 Å². The van der Waals surface area contributed by atoms with Gasteiger partial charge in [0.15, 0.2) is 0 Å². The van der Waals surface area contributed by atoms with Crippen LogP contribution in [0, 0.1) is 0 Å². The quantitative estimate of drug-likeness (QED) is 0.872. The fourth-order valence-electron chi connectivity index (χ4n) is 2.99. The van der Waals surface area contributed by atoms with Crippen LogP contribution in [-0.4, -0.2) is 44.0 Å². The fraction of sp³-hybridized carbons (Fsp3) is 0.421. The van der Waals surface area contributed by atoms with Crippen molar-refractivity contribution in [2.45, 2.75) is 19.3 Å². The molecule has 4 nitrogen and oxygen atoms in total. The number of nitrogens with zero attached hydrogens (tertiary/aromatic N) is 2. The summed E-state index contributed by atoms with van der Waals surface area (Å²) in [5.74, 6) is 0.105. The molecule has 1 N–H and O–H groups in total. The highest BCUT2D eigenvalue weighted by molar-refractivity contribution is 7.09. The van der Waals surface area contributed by atoms with Crippen LogP contribution in [0.15, 0.2) is 41.8 Å². The van der Waals surface area contributed by atoms with Crippen LogP contribution in [0.4, 0.5) is 11.4 Å². The van der Waals surface area contributed by atoms with Crippen LogP contribution in [0.2, 0.25) is 0 Å². The van der Waals surface area contributed by atoms with Crippen molar-refractivity contribution in [2.75, 3.05) is 43.4 Å². The van der Waals surface area contributed by atoms with Gasteiger partial charge in [-0.25, -0.2) is 0 Å². The normalized spacial score (nSPS) is 15.5. The van der Waals surface area contributed by atoms with Crippen molar-refractivity contribution >= 4 is 28.6 Å². The summed E-state index contributed by atoms with van der Waals surface area (Å²) in [6.45, 7) is 4.12. The highest BCUT2D eigenvalue weighted by Gasteiger charge is 2.17. The Morgan fingerprint density at radius 1 is 1.12 bits per heavy atom. The van der Waals surface area contributed by atoms with E-state index >= 15 is 0 Å². The Hall–Kier alpha value is -1.85. The monoisotopic (exact) mass is 343 g/mol. The van der Waals surface area contributed by atoms with E-state index in [4.69, 9.17) is 0 Å². The number of likely N-dealkylation sites (N-methyl/N-ethyl adjacent to an activating group) is 1. The summed E-state index contributed by atoms with van der Waals surface area (Å²) < 4.78 is 0. The molecule has 5 heteroatoms. The molecule has 0 aliphatic carbocycles. The molecule has 0 atom stereocenters. The van der Waals surface area contributed by atoms with Crippen LogP contribution in [-0.2, 0) is 11.2 Å². The molecule has 0 saturated carbocycles. The Balaban J connectivity index is 1.55. The van der Waals surface area contributed by atoms with E-state index in [1.807, 2.05) is 18.2 Å². The SMILES string of the molecule is CN1CCN(c2ccccc2NC(=O)CCCc2cccs2)CC1. The van der Waals surface area contributed by atoms with Gasteiger partial charge in [0.25, 0.3) is 0 Å².